The SMILES string of the molecule is COc1ccccc1N(CCC#N)C(=O)COc1ccc(F)cc1Cl. The van der Waals surface area contributed by atoms with E-state index in [9.17, 15) is 9.18 Å². The Morgan fingerprint density at radius 2 is 2.04 bits per heavy atom. The highest BCUT2D eigenvalue weighted by atomic mass is 35.5. The zero-order valence-corrected chi connectivity index (χ0v) is 14.3. The number of methoxy groups -OCH3 is 1. The Bertz CT molecular complexity index is 792. The number of nitrogens with zero attached hydrogens (tertiary/aromatic N) is 2. The molecule has 5 nitrogen and oxygen atoms in total. The maximum atomic E-state index is 13.1. The quantitative estimate of drug-likeness (QED) is 0.751. The molecule has 0 saturated heterocycles. The van der Waals surface area contributed by atoms with Gasteiger partial charge in [-0.25, -0.2) is 4.39 Å². The number of nitriles is 1. The highest BCUT2D eigenvalue weighted by Gasteiger charge is 2.20. The van der Waals surface area contributed by atoms with Gasteiger partial charge in [-0.2, -0.15) is 5.26 Å². The van der Waals surface area contributed by atoms with Crippen LogP contribution in [0.4, 0.5) is 10.1 Å². The van der Waals surface area contributed by atoms with Crippen LogP contribution < -0.4 is 14.4 Å². The molecule has 0 aliphatic carbocycles. The summed E-state index contributed by atoms with van der Waals surface area (Å²) in [6.07, 6.45) is 0.154. The fraction of sp³-hybridized carbons (Fsp3) is 0.222. The summed E-state index contributed by atoms with van der Waals surface area (Å²) in [4.78, 5) is 14.0. The minimum absolute atomic E-state index is 0.0775. The predicted molar refractivity (Wildman–Crippen MR) is 92.5 cm³/mol. The van der Waals surface area contributed by atoms with Gasteiger partial charge in [-0.05, 0) is 30.3 Å². The Balaban J connectivity index is 2.17. The van der Waals surface area contributed by atoms with E-state index in [1.165, 1.54) is 24.1 Å². The number of benzene rings is 2. The van der Waals surface area contributed by atoms with Crippen molar-refractivity contribution < 1.29 is 18.7 Å². The second-order valence-corrected chi connectivity index (χ2v) is 5.40. The van der Waals surface area contributed by atoms with Gasteiger partial charge in [0.05, 0.1) is 30.3 Å². The lowest BCUT2D eigenvalue weighted by Gasteiger charge is -2.23. The van der Waals surface area contributed by atoms with Crippen molar-refractivity contribution in [1.29, 1.82) is 5.26 Å². The summed E-state index contributed by atoms with van der Waals surface area (Å²) in [6.45, 7) is -0.120. The Morgan fingerprint density at radius 1 is 1.28 bits per heavy atom. The minimum atomic E-state index is -0.492. The number of para-hydroxylation sites is 2. The second kappa shape index (κ2) is 8.90. The van der Waals surface area contributed by atoms with Crippen LogP contribution in [0, 0.1) is 17.1 Å². The molecule has 0 spiro atoms. The number of hydrogen-bond donors (Lipinski definition) is 0. The number of anilines is 1. The first-order valence-electron chi connectivity index (χ1n) is 7.45. The van der Waals surface area contributed by atoms with E-state index in [4.69, 9.17) is 26.3 Å². The maximum absolute atomic E-state index is 13.1. The molecule has 25 heavy (non-hydrogen) atoms. The molecule has 0 atom stereocenters. The largest absolute Gasteiger partial charge is 0.495 e. The van der Waals surface area contributed by atoms with Gasteiger partial charge in [-0.1, -0.05) is 23.7 Å². The maximum Gasteiger partial charge on any atom is 0.265 e. The van der Waals surface area contributed by atoms with E-state index in [1.54, 1.807) is 24.3 Å². The van der Waals surface area contributed by atoms with Crippen LogP contribution in [-0.4, -0.2) is 26.2 Å². The first-order valence-corrected chi connectivity index (χ1v) is 7.82. The van der Waals surface area contributed by atoms with Crippen LogP contribution in [0.3, 0.4) is 0 Å². The number of carbonyl (C=O) groups is 1. The van der Waals surface area contributed by atoms with Crippen molar-refractivity contribution in [1.82, 2.24) is 0 Å². The van der Waals surface area contributed by atoms with E-state index < -0.39 is 5.82 Å². The molecule has 0 aliphatic rings. The van der Waals surface area contributed by atoms with Crippen molar-refractivity contribution in [2.24, 2.45) is 0 Å². The monoisotopic (exact) mass is 362 g/mol. The van der Waals surface area contributed by atoms with Crippen LogP contribution in [0.15, 0.2) is 42.5 Å². The van der Waals surface area contributed by atoms with Gasteiger partial charge in [0, 0.05) is 6.54 Å². The third-order valence-electron chi connectivity index (χ3n) is 3.37. The summed E-state index contributed by atoms with van der Waals surface area (Å²) in [6, 6.07) is 12.7. The number of rotatable bonds is 7. The molecule has 130 valence electrons. The molecule has 1 amide bonds. The molecule has 7 heteroatoms. The fourth-order valence-corrected chi connectivity index (χ4v) is 2.43. The van der Waals surface area contributed by atoms with E-state index in [0.29, 0.717) is 11.4 Å². The Morgan fingerprint density at radius 3 is 2.72 bits per heavy atom. The number of halogens is 2. The third kappa shape index (κ3) is 4.85. The van der Waals surface area contributed by atoms with E-state index in [-0.39, 0.29) is 36.3 Å². The van der Waals surface area contributed by atoms with Crippen LogP contribution >= 0.6 is 11.6 Å². The normalized spacial score (nSPS) is 10.0. The zero-order chi connectivity index (χ0) is 18.2. The molecule has 0 bridgehead atoms. The van der Waals surface area contributed by atoms with E-state index >= 15 is 0 Å². The van der Waals surface area contributed by atoms with Crippen molar-refractivity contribution in [3.63, 3.8) is 0 Å². The highest BCUT2D eigenvalue weighted by molar-refractivity contribution is 6.32. The van der Waals surface area contributed by atoms with Crippen molar-refractivity contribution in [2.45, 2.75) is 6.42 Å². The first-order chi connectivity index (χ1) is 12.1. The molecule has 0 N–H and O–H groups in total. The topological polar surface area (TPSA) is 62.6 Å². The summed E-state index contributed by atoms with van der Waals surface area (Å²) in [5.41, 5.74) is 0.541. The standard InChI is InChI=1S/C18H16ClFN2O3/c1-24-17-6-3-2-5-15(17)22(10-4-9-21)18(23)12-25-16-8-7-13(20)11-14(16)19/h2-3,5-8,11H,4,10,12H2,1H3. The summed E-state index contributed by atoms with van der Waals surface area (Å²) in [7, 11) is 1.50. The van der Waals surface area contributed by atoms with Gasteiger partial charge in [0.1, 0.15) is 17.3 Å². The Kier molecular flexibility index (Phi) is 6.61. The average molecular weight is 363 g/mol. The van der Waals surface area contributed by atoms with E-state index in [1.807, 2.05) is 6.07 Å². The molecule has 0 heterocycles. The van der Waals surface area contributed by atoms with Crippen LogP contribution in [0.1, 0.15) is 6.42 Å². The second-order valence-electron chi connectivity index (χ2n) is 4.99. The van der Waals surface area contributed by atoms with Crippen LogP contribution in [0.2, 0.25) is 5.02 Å². The third-order valence-corrected chi connectivity index (χ3v) is 3.66. The average Bonchev–Trinajstić information content (AvgIpc) is 2.61. The molecule has 0 unspecified atom stereocenters. The molecular weight excluding hydrogens is 347 g/mol. The number of carbonyl (C=O) groups excluding carboxylic acids is 1. The zero-order valence-electron chi connectivity index (χ0n) is 13.5. The number of amides is 1. The fourth-order valence-electron chi connectivity index (χ4n) is 2.20. The van der Waals surface area contributed by atoms with Crippen molar-refractivity contribution in [3.8, 4) is 17.6 Å². The number of ether oxygens (including phenoxy) is 2. The molecule has 0 aromatic heterocycles. The Hall–Kier alpha value is -2.78. The highest BCUT2D eigenvalue weighted by Crippen LogP contribution is 2.29. The van der Waals surface area contributed by atoms with Gasteiger partial charge < -0.3 is 14.4 Å². The summed E-state index contributed by atoms with van der Waals surface area (Å²) >= 11 is 5.89. The summed E-state index contributed by atoms with van der Waals surface area (Å²) in [5, 5.41) is 8.91. The molecule has 2 rings (SSSR count). The predicted octanol–water partition coefficient (Wildman–Crippen LogP) is 3.81. The van der Waals surface area contributed by atoms with E-state index in [2.05, 4.69) is 0 Å². The van der Waals surface area contributed by atoms with Gasteiger partial charge in [0.15, 0.2) is 6.61 Å². The van der Waals surface area contributed by atoms with Gasteiger partial charge in [-0.15, -0.1) is 0 Å². The van der Waals surface area contributed by atoms with Crippen LogP contribution in [0.25, 0.3) is 0 Å². The molecule has 0 radical (unpaired) electrons. The molecule has 0 fully saturated rings. The molecule has 2 aromatic carbocycles. The van der Waals surface area contributed by atoms with Gasteiger partial charge in [-0.3, -0.25) is 4.79 Å². The van der Waals surface area contributed by atoms with Gasteiger partial charge in [0.2, 0.25) is 0 Å². The first kappa shape index (κ1) is 18.6. The lowest BCUT2D eigenvalue weighted by atomic mass is 10.2. The van der Waals surface area contributed by atoms with Gasteiger partial charge in [0.25, 0.3) is 5.91 Å². The van der Waals surface area contributed by atoms with Gasteiger partial charge >= 0.3 is 0 Å². The number of hydrogen-bond acceptors (Lipinski definition) is 4. The summed E-state index contributed by atoms with van der Waals surface area (Å²) in [5.74, 6) is -0.154. The van der Waals surface area contributed by atoms with Crippen LogP contribution in [0.5, 0.6) is 11.5 Å². The molecular formula is C18H16ClFN2O3. The lowest BCUT2D eigenvalue weighted by molar-refractivity contribution is -0.120. The van der Waals surface area contributed by atoms with E-state index in [0.717, 1.165) is 6.07 Å². The Labute approximate surface area is 150 Å². The lowest BCUT2D eigenvalue weighted by Crippen LogP contribution is -2.36. The van der Waals surface area contributed by atoms with Crippen molar-refractivity contribution >= 4 is 23.2 Å². The molecule has 0 saturated carbocycles. The summed E-state index contributed by atoms with van der Waals surface area (Å²) < 4.78 is 23.7. The van der Waals surface area contributed by atoms with Crippen molar-refractivity contribution in [2.75, 3.05) is 25.2 Å². The smallest absolute Gasteiger partial charge is 0.265 e. The van der Waals surface area contributed by atoms with Crippen molar-refractivity contribution in [3.05, 3.63) is 53.3 Å². The minimum Gasteiger partial charge on any atom is -0.495 e. The van der Waals surface area contributed by atoms with Crippen LogP contribution in [-0.2, 0) is 4.79 Å². The molecule has 0 aliphatic heterocycles. The molecule has 2 aromatic rings.